The van der Waals surface area contributed by atoms with Crippen molar-refractivity contribution in [3.63, 3.8) is 0 Å². The molecule has 0 amide bonds. The molecule has 0 heterocycles. The summed E-state index contributed by atoms with van der Waals surface area (Å²) in [6, 6.07) is 6.25. The van der Waals surface area contributed by atoms with E-state index in [1.165, 1.54) is 12.1 Å². The molecule has 1 rings (SSSR count). The van der Waals surface area contributed by atoms with E-state index in [9.17, 15) is 18.5 Å². The van der Waals surface area contributed by atoms with Crippen LogP contribution in [0.1, 0.15) is 18.9 Å². The minimum Gasteiger partial charge on any atom is -0.270 e. The lowest BCUT2D eigenvalue weighted by atomic mass is 9.98. The highest BCUT2D eigenvalue weighted by atomic mass is 32.2. The van der Waals surface area contributed by atoms with Crippen molar-refractivity contribution in [3.05, 3.63) is 39.9 Å². The maximum absolute atomic E-state index is 10.9. The fraction of sp³-hybridized carbons (Fsp3) is 0.500. The van der Waals surface area contributed by atoms with Gasteiger partial charge in [-0.05, 0) is 17.9 Å². The topological polar surface area (TPSA) is 86.5 Å². The fourth-order valence-electron chi connectivity index (χ4n) is 1.63. The second-order valence-corrected chi connectivity index (χ2v) is 6.03. The first-order valence-electron chi connectivity index (χ1n) is 5.89. The molecule has 19 heavy (non-hydrogen) atoms. The molecule has 1 aromatic carbocycles. The number of hydrogen-bond acceptors (Lipinski definition) is 5. The van der Waals surface area contributed by atoms with Crippen molar-refractivity contribution in [1.82, 2.24) is 0 Å². The van der Waals surface area contributed by atoms with Crippen molar-refractivity contribution < 1.29 is 17.5 Å². The van der Waals surface area contributed by atoms with Gasteiger partial charge < -0.3 is 0 Å². The summed E-state index contributed by atoms with van der Waals surface area (Å²) in [7, 11) is -3.43. The van der Waals surface area contributed by atoms with E-state index in [4.69, 9.17) is 4.18 Å². The van der Waals surface area contributed by atoms with Crippen LogP contribution in [0.2, 0.25) is 0 Å². The van der Waals surface area contributed by atoms with Crippen molar-refractivity contribution in [2.24, 2.45) is 5.92 Å². The smallest absolute Gasteiger partial charge is 0.269 e. The van der Waals surface area contributed by atoms with Crippen molar-refractivity contribution in [2.75, 3.05) is 12.9 Å². The van der Waals surface area contributed by atoms with Crippen molar-refractivity contribution in [1.29, 1.82) is 0 Å². The van der Waals surface area contributed by atoms with Gasteiger partial charge in [0.05, 0.1) is 17.8 Å². The molecule has 6 nitrogen and oxygen atoms in total. The van der Waals surface area contributed by atoms with Crippen LogP contribution in [-0.4, -0.2) is 26.2 Å². The highest BCUT2D eigenvalue weighted by molar-refractivity contribution is 7.85. The Morgan fingerprint density at radius 2 is 1.89 bits per heavy atom. The van der Waals surface area contributed by atoms with Gasteiger partial charge in [0.15, 0.2) is 0 Å². The van der Waals surface area contributed by atoms with E-state index in [0.29, 0.717) is 6.42 Å². The Morgan fingerprint density at radius 1 is 1.32 bits per heavy atom. The average molecular weight is 287 g/mol. The number of nitro groups is 1. The Balaban J connectivity index is 2.63. The Morgan fingerprint density at radius 3 is 2.32 bits per heavy atom. The average Bonchev–Trinajstić information content (AvgIpc) is 2.34. The highest BCUT2D eigenvalue weighted by Gasteiger charge is 2.12. The molecule has 0 aromatic heterocycles. The summed E-state index contributed by atoms with van der Waals surface area (Å²) in [5.41, 5.74) is 0.971. The molecule has 0 saturated heterocycles. The zero-order valence-electron chi connectivity index (χ0n) is 10.9. The van der Waals surface area contributed by atoms with Crippen molar-refractivity contribution >= 4 is 15.8 Å². The van der Waals surface area contributed by atoms with E-state index in [-0.39, 0.29) is 18.2 Å². The Bertz CT molecular complexity index is 524. The molecule has 0 aliphatic rings. The number of hydrogen-bond donors (Lipinski definition) is 0. The third kappa shape index (κ3) is 5.80. The number of non-ortho nitro benzene ring substituents is 1. The quantitative estimate of drug-likeness (QED) is 0.435. The third-order valence-electron chi connectivity index (χ3n) is 2.77. The number of nitro benzene ring substituents is 1. The van der Waals surface area contributed by atoms with E-state index in [0.717, 1.165) is 18.2 Å². The molecule has 1 unspecified atom stereocenters. The second-order valence-electron chi connectivity index (χ2n) is 4.39. The lowest BCUT2D eigenvalue weighted by Crippen LogP contribution is -2.15. The molecule has 0 radical (unpaired) electrons. The predicted molar refractivity (Wildman–Crippen MR) is 71.4 cm³/mol. The van der Waals surface area contributed by atoms with Gasteiger partial charge in [0.1, 0.15) is 0 Å². The lowest BCUT2D eigenvalue weighted by molar-refractivity contribution is -0.384. The predicted octanol–water partition coefficient (Wildman–Crippen LogP) is 2.14. The summed E-state index contributed by atoms with van der Waals surface area (Å²) < 4.78 is 26.6. The third-order valence-corrected chi connectivity index (χ3v) is 3.33. The summed E-state index contributed by atoms with van der Waals surface area (Å²) >= 11 is 0. The molecule has 0 aliphatic heterocycles. The molecule has 7 heteroatoms. The number of nitrogens with zero attached hydrogens (tertiary/aromatic N) is 1. The van der Waals surface area contributed by atoms with Crippen molar-refractivity contribution in [3.8, 4) is 0 Å². The molecule has 0 fully saturated rings. The lowest BCUT2D eigenvalue weighted by Gasteiger charge is -2.14. The van der Waals surface area contributed by atoms with E-state index >= 15 is 0 Å². The van der Waals surface area contributed by atoms with Gasteiger partial charge in [-0.25, -0.2) is 0 Å². The van der Waals surface area contributed by atoms with E-state index < -0.39 is 15.0 Å². The van der Waals surface area contributed by atoms with Gasteiger partial charge in [-0.15, -0.1) is 0 Å². The van der Waals surface area contributed by atoms with Gasteiger partial charge in [-0.3, -0.25) is 14.3 Å². The SMILES string of the molecule is CCC(COS(C)(=O)=O)Cc1ccc([N+](=O)[O-])cc1. The van der Waals surface area contributed by atoms with E-state index in [2.05, 4.69) is 0 Å². The second kappa shape index (κ2) is 6.63. The minimum atomic E-state index is -3.43. The summed E-state index contributed by atoms with van der Waals surface area (Å²) in [5.74, 6) is 0.0659. The van der Waals surface area contributed by atoms with Crippen LogP contribution in [0.3, 0.4) is 0 Å². The maximum atomic E-state index is 10.9. The molecule has 106 valence electrons. The highest BCUT2D eigenvalue weighted by Crippen LogP contribution is 2.17. The first kappa shape index (κ1) is 15.6. The molecule has 0 saturated carbocycles. The van der Waals surface area contributed by atoms with E-state index in [1.54, 1.807) is 12.1 Å². The zero-order valence-corrected chi connectivity index (χ0v) is 11.7. The normalized spacial score (nSPS) is 13.2. The van der Waals surface area contributed by atoms with Crippen LogP contribution in [-0.2, 0) is 20.7 Å². The summed E-state index contributed by atoms with van der Waals surface area (Å²) in [5, 5.41) is 10.5. The van der Waals surface area contributed by atoms with Crippen LogP contribution < -0.4 is 0 Å². The Hall–Kier alpha value is -1.47. The standard InChI is InChI=1S/C12H17NO5S/c1-3-10(9-18-19(2,16)17)8-11-4-6-12(7-5-11)13(14)15/h4-7,10H,3,8-9H2,1-2H3. The first-order valence-corrected chi connectivity index (χ1v) is 7.71. The van der Waals surface area contributed by atoms with Crippen molar-refractivity contribution in [2.45, 2.75) is 19.8 Å². The van der Waals surface area contributed by atoms with Crippen LogP contribution in [0.15, 0.2) is 24.3 Å². The van der Waals surface area contributed by atoms with Crippen LogP contribution in [0.4, 0.5) is 5.69 Å². The Labute approximate surface area is 112 Å². The molecule has 1 atom stereocenters. The fourth-order valence-corrected chi connectivity index (χ4v) is 2.07. The molecule has 1 aromatic rings. The summed E-state index contributed by atoms with van der Waals surface area (Å²) in [4.78, 5) is 10.1. The van der Waals surface area contributed by atoms with Gasteiger partial charge in [0, 0.05) is 12.1 Å². The molecule has 0 bridgehead atoms. The summed E-state index contributed by atoms with van der Waals surface area (Å²) in [6.07, 6.45) is 2.42. The van der Waals surface area contributed by atoms with Gasteiger partial charge in [-0.2, -0.15) is 8.42 Å². The zero-order chi connectivity index (χ0) is 14.5. The first-order chi connectivity index (χ1) is 8.81. The van der Waals surface area contributed by atoms with Gasteiger partial charge in [-0.1, -0.05) is 25.5 Å². The molecule has 0 spiro atoms. The van der Waals surface area contributed by atoms with Crippen LogP contribution in [0, 0.1) is 16.0 Å². The summed E-state index contributed by atoms with van der Waals surface area (Å²) in [6.45, 7) is 2.08. The minimum absolute atomic E-state index is 0.0455. The van der Waals surface area contributed by atoms with Gasteiger partial charge in [0.25, 0.3) is 15.8 Å². The number of rotatable bonds is 7. The molecular formula is C12H17NO5S. The number of benzene rings is 1. The van der Waals surface area contributed by atoms with E-state index in [1.807, 2.05) is 6.92 Å². The largest absolute Gasteiger partial charge is 0.270 e. The van der Waals surface area contributed by atoms with Crippen LogP contribution >= 0.6 is 0 Å². The monoisotopic (exact) mass is 287 g/mol. The maximum Gasteiger partial charge on any atom is 0.269 e. The van der Waals surface area contributed by atoms with Crippen LogP contribution in [0.25, 0.3) is 0 Å². The molecular weight excluding hydrogens is 270 g/mol. The molecule has 0 aliphatic carbocycles. The Kier molecular flexibility index (Phi) is 5.44. The van der Waals surface area contributed by atoms with Gasteiger partial charge in [0.2, 0.25) is 0 Å². The molecule has 0 N–H and O–H groups in total. The van der Waals surface area contributed by atoms with Crippen LogP contribution in [0.5, 0.6) is 0 Å². The van der Waals surface area contributed by atoms with Gasteiger partial charge >= 0.3 is 0 Å².